The molecule has 0 fully saturated rings. The van der Waals surface area contributed by atoms with Crippen LogP contribution in [0.25, 0.3) is 92.9 Å². The Bertz CT molecular complexity index is 3680. The minimum Gasteiger partial charge on any atom is -0.497 e. The second-order valence-corrected chi connectivity index (χ2v) is 18.2. The molecule has 3 nitrogen and oxygen atoms in total. The van der Waals surface area contributed by atoms with Crippen LogP contribution >= 0.6 is 11.3 Å². The summed E-state index contributed by atoms with van der Waals surface area (Å²) in [4.78, 5) is 4.84. The highest BCUT2D eigenvalue weighted by atomic mass is 32.1. The fraction of sp³-hybridized carbons (Fsp3) is 0.0154. The molecular formula is C65H46N2OS. The molecular weight excluding hydrogens is 857 g/mol. The van der Waals surface area contributed by atoms with Crippen LogP contribution < -0.4 is 9.64 Å². The molecule has 10 aromatic carbocycles. The highest BCUT2D eigenvalue weighted by Crippen LogP contribution is 2.53. The predicted octanol–water partition coefficient (Wildman–Crippen LogP) is 18.3. The molecule has 0 spiro atoms. The van der Waals surface area contributed by atoms with E-state index in [4.69, 9.17) is 4.74 Å². The van der Waals surface area contributed by atoms with E-state index in [0.717, 1.165) is 50.8 Å². The van der Waals surface area contributed by atoms with Crippen LogP contribution in [-0.4, -0.2) is 11.7 Å². The standard InChI is InChI=1S/C65H46N2OS/c1-68-55-41-42-61(58(44-55)46-21-8-3-9-22-46)66(54-28-18-27-51(43-54)45-19-6-2-7-20-45)52-37-33-49(34-38-52)64-62(47-23-10-4-11-24-47)63(48-25-12-5-13-26-48)65(69-64)50-35-39-53(40-36-50)67-59-31-16-14-29-56(59)57-30-15-17-32-60(57)67/h2-44H,1H3. The van der Waals surface area contributed by atoms with E-state index in [2.05, 4.69) is 270 Å². The van der Waals surface area contributed by atoms with E-state index >= 15 is 0 Å². The Labute approximate surface area is 407 Å². The van der Waals surface area contributed by atoms with Crippen LogP contribution in [0.1, 0.15) is 0 Å². The third-order valence-corrected chi connectivity index (χ3v) is 14.4. The Morgan fingerprint density at radius 2 is 0.841 bits per heavy atom. The number of hydrogen-bond acceptors (Lipinski definition) is 3. The molecule has 2 aromatic heterocycles. The molecule has 0 unspecified atom stereocenters. The Morgan fingerprint density at radius 1 is 0.362 bits per heavy atom. The van der Waals surface area contributed by atoms with Crippen LogP contribution in [0, 0.1) is 0 Å². The normalized spacial score (nSPS) is 11.3. The number of nitrogens with zero attached hydrogens (tertiary/aromatic N) is 2. The average Bonchev–Trinajstić information content (AvgIpc) is 4.00. The van der Waals surface area contributed by atoms with E-state index in [-0.39, 0.29) is 0 Å². The molecule has 0 N–H and O–H groups in total. The van der Waals surface area contributed by atoms with E-state index in [1.54, 1.807) is 7.11 Å². The zero-order valence-corrected chi connectivity index (χ0v) is 38.9. The van der Waals surface area contributed by atoms with Crippen molar-refractivity contribution in [1.29, 1.82) is 0 Å². The van der Waals surface area contributed by atoms with E-state index in [1.165, 1.54) is 64.9 Å². The van der Waals surface area contributed by atoms with Crippen LogP contribution in [-0.2, 0) is 0 Å². The maximum atomic E-state index is 5.82. The van der Waals surface area contributed by atoms with Crippen molar-refractivity contribution in [3.63, 3.8) is 0 Å². The highest BCUT2D eigenvalue weighted by molar-refractivity contribution is 7.20. The largest absolute Gasteiger partial charge is 0.497 e. The summed E-state index contributed by atoms with van der Waals surface area (Å²) in [5, 5.41) is 2.52. The van der Waals surface area contributed by atoms with Crippen molar-refractivity contribution in [3.8, 4) is 76.8 Å². The van der Waals surface area contributed by atoms with E-state index in [0.29, 0.717) is 0 Å². The van der Waals surface area contributed by atoms with Crippen molar-refractivity contribution in [2.75, 3.05) is 12.0 Å². The number of para-hydroxylation sites is 2. The Morgan fingerprint density at radius 3 is 1.39 bits per heavy atom. The van der Waals surface area contributed by atoms with Gasteiger partial charge in [0.25, 0.3) is 0 Å². The third kappa shape index (κ3) is 7.77. The van der Waals surface area contributed by atoms with Gasteiger partial charge in [0.1, 0.15) is 5.75 Å². The van der Waals surface area contributed by atoms with Gasteiger partial charge in [-0.05, 0) is 106 Å². The molecule has 0 atom stereocenters. The number of hydrogen-bond donors (Lipinski definition) is 0. The van der Waals surface area contributed by atoms with Gasteiger partial charge in [-0.1, -0.05) is 194 Å². The smallest absolute Gasteiger partial charge is 0.119 e. The van der Waals surface area contributed by atoms with Crippen molar-refractivity contribution in [3.05, 3.63) is 261 Å². The van der Waals surface area contributed by atoms with Gasteiger partial charge < -0.3 is 14.2 Å². The maximum absolute atomic E-state index is 5.82. The molecule has 0 aliphatic heterocycles. The van der Waals surface area contributed by atoms with Crippen LogP contribution in [0.5, 0.6) is 5.75 Å². The number of thiophene rings is 1. The van der Waals surface area contributed by atoms with E-state index in [9.17, 15) is 0 Å². The van der Waals surface area contributed by atoms with Crippen molar-refractivity contribution in [1.82, 2.24) is 4.57 Å². The number of aromatic nitrogens is 1. The Balaban J connectivity index is 1.02. The topological polar surface area (TPSA) is 17.4 Å². The molecule has 0 aliphatic rings. The van der Waals surface area contributed by atoms with Gasteiger partial charge in [0.2, 0.25) is 0 Å². The fourth-order valence-electron chi connectivity index (χ4n) is 9.89. The average molecular weight is 903 g/mol. The van der Waals surface area contributed by atoms with Crippen molar-refractivity contribution in [2.24, 2.45) is 0 Å². The van der Waals surface area contributed by atoms with Gasteiger partial charge in [0, 0.05) is 54.3 Å². The first-order chi connectivity index (χ1) is 34.2. The number of ether oxygens (including phenoxy) is 1. The molecule has 0 amide bonds. The summed E-state index contributed by atoms with van der Waals surface area (Å²) < 4.78 is 8.21. The van der Waals surface area contributed by atoms with Crippen LogP contribution in [0.15, 0.2) is 261 Å². The first-order valence-electron chi connectivity index (χ1n) is 23.4. The number of rotatable bonds is 11. The molecule has 2 heterocycles. The minimum atomic E-state index is 0.809. The van der Waals surface area contributed by atoms with Gasteiger partial charge >= 0.3 is 0 Å². The van der Waals surface area contributed by atoms with Crippen molar-refractivity contribution >= 4 is 50.2 Å². The summed E-state index contributed by atoms with van der Waals surface area (Å²) in [5.41, 5.74) is 18.4. The third-order valence-electron chi connectivity index (χ3n) is 13.1. The minimum absolute atomic E-state index is 0.809. The number of fused-ring (bicyclic) bond motifs is 3. The Hall–Kier alpha value is -8.70. The second kappa shape index (κ2) is 18.2. The molecule has 0 saturated carbocycles. The molecule has 328 valence electrons. The van der Waals surface area contributed by atoms with Gasteiger partial charge in [0.15, 0.2) is 0 Å². The summed E-state index contributed by atoms with van der Waals surface area (Å²) >= 11 is 1.87. The molecule has 0 saturated heterocycles. The molecule has 0 radical (unpaired) electrons. The van der Waals surface area contributed by atoms with Gasteiger partial charge in [-0.3, -0.25) is 0 Å². The van der Waals surface area contributed by atoms with Gasteiger partial charge in [-0.15, -0.1) is 11.3 Å². The molecule has 4 heteroatoms. The first kappa shape index (κ1) is 41.7. The molecule has 0 bridgehead atoms. The lowest BCUT2D eigenvalue weighted by Gasteiger charge is -2.29. The lowest BCUT2D eigenvalue weighted by atomic mass is 9.91. The zero-order chi connectivity index (χ0) is 46.1. The molecule has 12 rings (SSSR count). The lowest BCUT2D eigenvalue weighted by Crippen LogP contribution is -2.11. The SMILES string of the molecule is COc1ccc(N(c2ccc(-c3sc(-c4ccc(-n5c6ccccc6c6ccccc65)cc4)c(-c4ccccc4)c3-c3ccccc3)cc2)c2cccc(-c3ccccc3)c2)c(-c2ccccc2)c1. The van der Waals surface area contributed by atoms with Crippen molar-refractivity contribution in [2.45, 2.75) is 0 Å². The number of methoxy groups -OCH3 is 1. The quantitative estimate of drug-likeness (QED) is 0.129. The zero-order valence-electron chi connectivity index (χ0n) is 38.0. The van der Waals surface area contributed by atoms with Crippen LogP contribution in [0.2, 0.25) is 0 Å². The van der Waals surface area contributed by atoms with E-state index in [1.807, 2.05) is 11.3 Å². The summed E-state index contributed by atoms with van der Waals surface area (Å²) in [7, 11) is 1.73. The maximum Gasteiger partial charge on any atom is 0.119 e. The number of benzene rings is 10. The number of anilines is 3. The van der Waals surface area contributed by atoms with Crippen molar-refractivity contribution < 1.29 is 4.74 Å². The van der Waals surface area contributed by atoms with Gasteiger partial charge in [0.05, 0.1) is 23.8 Å². The fourth-order valence-corrected chi connectivity index (χ4v) is 11.2. The highest BCUT2D eigenvalue weighted by Gasteiger charge is 2.25. The Kier molecular flexibility index (Phi) is 11.0. The predicted molar refractivity (Wildman–Crippen MR) is 293 cm³/mol. The van der Waals surface area contributed by atoms with Gasteiger partial charge in [-0.25, -0.2) is 0 Å². The summed E-state index contributed by atoms with van der Waals surface area (Å²) in [6.45, 7) is 0. The first-order valence-corrected chi connectivity index (χ1v) is 24.2. The summed E-state index contributed by atoms with van der Waals surface area (Å²) in [6, 6.07) is 94.0. The van der Waals surface area contributed by atoms with Crippen LogP contribution in [0.4, 0.5) is 17.1 Å². The van der Waals surface area contributed by atoms with Gasteiger partial charge in [-0.2, -0.15) is 0 Å². The summed E-state index contributed by atoms with van der Waals surface area (Å²) in [5.74, 6) is 0.809. The lowest BCUT2D eigenvalue weighted by molar-refractivity contribution is 0.415. The molecule has 12 aromatic rings. The van der Waals surface area contributed by atoms with E-state index < -0.39 is 0 Å². The summed E-state index contributed by atoms with van der Waals surface area (Å²) in [6.07, 6.45) is 0. The second-order valence-electron chi connectivity index (χ2n) is 17.2. The molecule has 0 aliphatic carbocycles. The molecule has 69 heavy (non-hydrogen) atoms. The van der Waals surface area contributed by atoms with Crippen LogP contribution in [0.3, 0.4) is 0 Å². The monoisotopic (exact) mass is 902 g/mol.